The average Bonchev–Trinajstić information content (AvgIpc) is 3.22. The summed E-state index contributed by atoms with van der Waals surface area (Å²) in [4.78, 5) is 28.5. The number of benzene rings is 1. The topological polar surface area (TPSA) is 65.8 Å². The maximum atomic E-state index is 12.6. The number of carbonyl (C=O) groups excluding carboxylic acids is 2. The van der Waals surface area contributed by atoms with Crippen LogP contribution in [0.3, 0.4) is 0 Å². The molecule has 1 aromatic carbocycles. The van der Waals surface area contributed by atoms with Crippen molar-refractivity contribution in [2.75, 3.05) is 32.7 Å². The van der Waals surface area contributed by atoms with Gasteiger partial charge >= 0.3 is 6.03 Å². The minimum absolute atomic E-state index is 0.0395. The first kappa shape index (κ1) is 17.6. The predicted molar refractivity (Wildman–Crippen MR) is 102 cm³/mol. The number of urea groups is 1. The highest BCUT2D eigenvalue weighted by molar-refractivity contribution is 5.91. The summed E-state index contributed by atoms with van der Waals surface area (Å²) in [5, 5.41) is 3.13. The van der Waals surface area contributed by atoms with Gasteiger partial charge in [-0.1, -0.05) is 36.8 Å². The van der Waals surface area contributed by atoms with Gasteiger partial charge in [0.15, 0.2) is 5.76 Å². The molecule has 1 aromatic heterocycles. The molecular weight excluding hydrogens is 342 g/mol. The molecular formula is C21H25N3O3. The first-order chi connectivity index (χ1) is 13.2. The van der Waals surface area contributed by atoms with Crippen LogP contribution in [-0.4, -0.2) is 54.5 Å². The Morgan fingerprint density at radius 2 is 1.67 bits per heavy atom. The Labute approximate surface area is 159 Å². The lowest BCUT2D eigenvalue weighted by Crippen LogP contribution is -2.55. The van der Waals surface area contributed by atoms with Crippen molar-refractivity contribution in [3.63, 3.8) is 0 Å². The first-order valence-electron chi connectivity index (χ1n) is 9.59. The highest BCUT2D eigenvalue weighted by Crippen LogP contribution is 2.43. The molecule has 6 heteroatoms. The van der Waals surface area contributed by atoms with Gasteiger partial charge in [-0.05, 0) is 30.5 Å². The van der Waals surface area contributed by atoms with Gasteiger partial charge in [0, 0.05) is 38.1 Å². The van der Waals surface area contributed by atoms with Crippen LogP contribution in [0, 0.1) is 0 Å². The number of hydrogen-bond acceptors (Lipinski definition) is 3. The van der Waals surface area contributed by atoms with E-state index < -0.39 is 0 Å². The summed E-state index contributed by atoms with van der Waals surface area (Å²) in [6, 6.07) is 13.8. The van der Waals surface area contributed by atoms with Gasteiger partial charge in [-0.2, -0.15) is 0 Å². The zero-order valence-corrected chi connectivity index (χ0v) is 15.4. The minimum atomic E-state index is -0.113. The molecule has 1 aliphatic heterocycles. The molecule has 0 unspecified atom stereocenters. The van der Waals surface area contributed by atoms with E-state index in [1.165, 1.54) is 18.2 Å². The molecule has 2 heterocycles. The van der Waals surface area contributed by atoms with E-state index in [1.54, 1.807) is 21.9 Å². The zero-order valence-electron chi connectivity index (χ0n) is 15.4. The number of carbonyl (C=O) groups is 2. The fourth-order valence-electron chi connectivity index (χ4n) is 3.99. The number of furan rings is 1. The van der Waals surface area contributed by atoms with Crippen LogP contribution < -0.4 is 5.32 Å². The fraction of sp³-hybridized carbons (Fsp3) is 0.429. The van der Waals surface area contributed by atoms with Gasteiger partial charge in [-0.25, -0.2) is 4.79 Å². The molecule has 3 amide bonds. The summed E-state index contributed by atoms with van der Waals surface area (Å²) < 4.78 is 5.18. The third-order valence-corrected chi connectivity index (χ3v) is 5.86. The molecule has 142 valence electrons. The zero-order chi connectivity index (χ0) is 18.7. The molecule has 1 saturated heterocycles. The molecule has 0 spiro atoms. The monoisotopic (exact) mass is 367 g/mol. The lowest BCUT2D eigenvalue weighted by Gasteiger charge is -2.43. The van der Waals surface area contributed by atoms with Gasteiger partial charge in [-0.3, -0.25) is 4.79 Å². The van der Waals surface area contributed by atoms with Crippen molar-refractivity contribution < 1.29 is 14.0 Å². The first-order valence-corrected chi connectivity index (χ1v) is 9.59. The van der Waals surface area contributed by atoms with E-state index in [1.807, 2.05) is 6.07 Å². The predicted octanol–water partition coefficient (Wildman–Crippen LogP) is 2.87. The van der Waals surface area contributed by atoms with Crippen LogP contribution in [-0.2, 0) is 5.41 Å². The molecule has 1 N–H and O–H groups in total. The van der Waals surface area contributed by atoms with Gasteiger partial charge in [0.2, 0.25) is 0 Å². The Hall–Kier alpha value is -2.76. The van der Waals surface area contributed by atoms with E-state index >= 15 is 0 Å². The van der Waals surface area contributed by atoms with Gasteiger partial charge < -0.3 is 19.5 Å². The highest BCUT2D eigenvalue weighted by Gasteiger charge is 2.39. The molecule has 2 aromatic rings. The molecule has 0 atom stereocenters. The normalized spacial score (nSPS) is 18.7. The number of amides is 3. The molecule has 0 radical (unpaired) electrons. The fourth-order valence-corrected chi connectivity index (χ4v) is 3.99. The second-order valence-corrected chi connectivity index (χ2v) is 7.42. The van der Waals surface area contributed by atoms with Crippen LogP contribution in [0.1, 0.15) is 35.4 Å². The quantitative estimate of drug-likeness (QED) is 0.904. The second-order valence-electron chi connectivity index (χ2n) is 7.42. The van der Waals surface area contributed by atoms with E-state index in [0.717, 1.165) is 12.8 Å². The van der Waals surface area contributed by atoms with E-state index in [2.05, 4.69) is 29.6 Å². The number of nitrogens with one attached hydrogen (secondary N) is 1. The summed E-state index contributed by atoms with van der Waals surface area (Å²) >= 11 is 0. The minimum Gasteiger partial charge on any atom is -0.459 e. The molecule has 2 aliphatic rings. The average molecular weight is 367 g/mol. The Kier molecular flexibility index (Phi) is 4.88. The van der Waals surface area contributed by atoms with Crippen molar-refractivity contribution in [2.24, 2.45) is 0 Å². The number of rotatable bonds is 4. The van der Waals surface area contributed by atoms with Crippen LogP contribution in [0.5, 0.6) is 0 Å². The molecule has 1 saturated carbocycles. The summed E-state index contributed by atoms with van der Waals surface area (Å²) in [6.45, 7) is 2.79. The SMILES string of the molecule is O=C(NCC1(c2ccccc2)CCC1)N1CCN(C(=O)c2ccco2)CC1. The summed E-state index contributed by atoms with van der Waals surface area (Å²) in [5.74, 6) is 0.236. The molecule has 2 fully saturated rings. The van der Waals surface area contributed by atoms with E-state index in [0.29, 0.717) is 38.5 Å². The summed E-state index contributed by atoms with van der Waals surface area (Å²) in [5.41, 5.74) is 1.39. The van der Waals surface area contributed by atoms with E-state index in [4.69, 9.17) is 4.42 Å². The van der Waals surface area contributed by atoms with Crippen molar-refractivity contribution in [3.8, 4) is 0 Å². The smallest absolute Gasteiger partial charge is 0.317 e. The van der Waals surface area contributed by atoms with Crippen LogP contribution in [0.4, 0.5) is 4.79 Å². The molecule has 1 aliphatic carbocycles. The third kappa shape index (κ3) is 3.56. The van der Waals surface area contributed by atoms with E-state index in [-0.39, 0.29) is 17.4 Å². The third-order valence-electron chi connectivity index (χ3n) is 5.86. The number of nitrogens with zero attached hydrogens (tertiary/aromatic N) is 2. The van der Waals surface area contributed by atoms with Crippen LogP contribution in [0.2, 0.25) is 0 Å². The van der Waals surface area contributed by atoms with Crippen molar-refractivity contribution in [1.82, 2.24) is 15.1 Å². The van der Waals surface area contributed by atoms with Crippen molar-refractivity contribution in [1.29, 1.82) is 0 Å². The molecule has 6 nitrogen and oxygen atoms in total. The standard InChI is InChI=1S/C21H25N3O3/c25-19(18-8-4-15-27-18)23-11-13-24(14-12-23)20(26)22-16-21(9-5-10-21)17-6-2-1-3-7-17/h1-4,6-8,15H,5,9-14,16H2,(H,22,26). The molecule has 0 bridgehead atoms. The lowest BCUT2D eigenvalue weighted by molar-refractivity contribution is 0.0632. The lowest BCUT2D eigenvalue weighted by atomic mass is 9.64. The van der Waals surface area contributed by atoms with Crippen LogP contribution in [0.15, 0.2) is 53.1 Å². The second kappa shape index (κ2) is 7.47. The number of hydrogen-bond donors (Lipinski definition) is 1. The van der Waals surface area contributed by atoms with E-state index in [9.17, 15) is 9.59 Å². The molecule has 4 rings (SSSR count). The summed E-state index contributed by atoms with van der Waals surface area (Å²) in [7, 11) is 0. The Morgan fingerprint density at radius 1 is 0.963 bits per heavy atom. The Morgan fingerprint density at radius 3 is 2.26 bits per heavy atom. The number of piperazine rings is 1. The van der Waals surface area contributed by atoms with Gasteiger partial charge in [0.1, 0.15) is 0 Å². The van der Waals surface area contributed by atoms with Gasteiger partial charge in [0.05, 0.1) is 6.26 Å². The van der Waals surface area contributed by atoms with Crippen molar-refractivity contribution in [3.05, 3.63) is 60.1 Å². The maximum Gasteiger partial charge on any atom is 0.317 e. The van der Waals surface area contributed by atoms with Gasteiger partial charge in [-0.15, -0.1) is 0 Å². The van der Waals surface area contributed by atoms with Crippen LogP contribution >= 0.6 is 0 Å². The van der Waals surface area contributed by atoms with Crippen LogP contribution in [0.25, 0.3) is 0 Å². The Bertz CT molecular complexity index is 776. The highest BCUT2D eigenvalue weighted by atomic mass is 16.3. The Balaban J connectivity index is 1.29. The largest absolute Gasteiger partial charge is 0.459 e. The van der Waals surface area contributed by atoms with Crippen molar-refractivity contribution >= 4 is 11.9 Å². The summed E-state index contributed by atoms with van der Waals surface area (Å²) in [6.07, 6.45) is 4.93. The maximum absolute atomic E-state index is 12.6. The van der Waals surface area contributed by atoms with Crippen molar-refractivity contribution in [2.45, 2.75) is 24.7 Å². The molecule has 27 heavy (non-hydrogen) atoms. The van der Waals surface area contributed by atoms with Gasteiger partial charge in [0.25, 0.3) is 5.91 Å².